The maximum absolute atomic E-state index is 14.5. The van der Waals surface area contributed by atoms with Crippen LogP contribution in [0.1, 0.15) is 63.2 Å². The fourth-order valence-electron chi connectivity index (χ4n) is 7.52. The van der Waals surface area contributed by atoms with Gasteiger partial charge in [-0.3, -0.25) is 9.59 Å². The van der Waals surface area contributed by atoms with Gasteiger partial charge in [0.1, 0.15) is 24.0 Å². The zero-order valence-corrected chi connectivity index (χ0v) is 24.7. The third kappa shape index (κ3) is 5.20. The number of nitrogens with zero attached hydrogens (tertiary/aromatic N) is 6. The van der Waals surface area contributed by atoms with E-state index in [9.17, 15) is 18.4 Å². The van der Waals surface area contributed by atoms with E-state index in [-0.39, 0.29) is 35.9 Å². The van der Waals surface area contributed by atoms with Crippen LogP contribution >= 0.6 is 0 Å². The molecule has 2 saturated heterocycles. The molecular weight excluding hydrogens is 540 g/mol. The van der Waals surface area contributed by atoms with Gasteiger partial charge in [0.2, 0.25) is 5.91 Å². The highest BCUT2D eigenvalue weighted by Crippen LogP contribution is 2.41. The predicted octanol–water partition coefficient (Wildman–Crippen LogP) is 3.91. The number of aromatic nitrogens is 2. The van der Waals surface area contributed by atoms with E-state index in [0.717, 1.165) is 37.2 Å². The molecule has 11 heteroatoms. The molecule has 3 aliphatic heterocycles. The van der Waals surface area contributed by atoms with Gasteiger partial charge >= 0.3 is 0 Å². The molecule has 1 saturated carbocycles. The average Bonchev–Trinajstić information content (AvgIpc) is 3.47. The molecule has 3 fully saturated rings. The van der Waals surface area contributed by atoms with Gasteiger partial charge in [-0.1, -0.05) is 0 Å². The maximum Gasteiger partial charge on any atom is 0.256 e. The highest BCUT2D eigenvalue weighted by Gasteiger charge is 2.50. The van der Waals surface area contributed by atoms with Gasteiger partial charge < -0.3 is 24.9 Å². The van der Waals surface area contributed by atoms with Crippen molar-refractivity contribution in [1.29, 1.82) is 0 Å². The van der Waals surface area contributed by atoms with E-state index in [1.165, 1.54) is 18.5 Å². The van der Waals surface area contributed by atoms with Crippen molar-refractivity contribution in [3.8, 4) is 0 Å². The summed E-state index contributed by atoms with van der Waals surface area (Å²) in [6, 6.07) is 4.26. The second kappa shape index (κ2) is 11.7. The molecule has 1 aliphatic carbocycles. The van der Waals surface area contributed by atoms with Crippen molar-refractivity contribution in [2.24, 2.45) is 5.92 Å². The van der Waals surface area contributed by atoms with Crippen LogP contribution in [0.4, 0.5) is 26.0 Å². The van der Waals surface area contributed by atoms with Crippen LogP contribution in [0, 0.1) is 11.7 Å². The second-order valence-corrected chi connectivity index (χ2v) is 12.3. The van der Waals surface area contributed by atoms with Crippen LogP contribution < -0.4 is 15.1 Å². The summed E-state index contributed by atoms with van der Waals surface area (Å²) in [6.07, 6.45) is 6.23. The monoisotopic (exact) mass is 581 g/mol. The standard InChI is InChI=1S/C31H41F2N7O2/c1-4-38(19(2)3)30(41)24-14-20(32)7-8-26(24)40-13-12-39(29-27(40)17-34-18-35-29)22-6-5-10-37(11-9-22)31(42)28-23-15-21(36-28)16-25(23)33/h7-8,14,17-19,21-23,25,28,36H,4-6,9-13,15-16H2,1-3H3/t21?,22-,23?,25-,28-/m0/s1. The number of hydrogen-bond acceptors (Lipinski definition) is 7. The van der Waals surface area contributed by atoms with Crippen LogP contribution in [-0.4, -0.2) is 94.6 Å². The molecule has 1 aromatic carbocycles. The van der Waals surface area contributed by atoms with Crippen molar-refractivity contribution in [1.82, 2.24) is 25.1 Å². The highest BCUT2D eigenvalue weighted by atomic mass is 19.1. The number of benzene rings is 1. The summed E-state index contributed by atoms with van der Waals surface area (Å²) < 4.78 is 28.8. The molecule has 4 heterocycles. The molecule has 1 aromatic heterocycles. The first-order chi connectivity index (χ1) is 20.3. The number of likely N-dealkylation sites (tertiary alicyclic amines) is 1. The van der Waals surface area contributed by atoms with Gasteiger partial charge in [-0.15, -0.1) is 0 Å². The van der Waals surface area contributed by atoms with Crippen LogP contribution in [0.25, 0.3) is 0 Å². The number of rotatable bonds is 6. The number of alkyl halides is 1. The lowest BCUT2D eigenvalue weighted by atomic mass is 9.97. The molecule has 2 unspecified atom stereocenters. The minimum absolute atomic E-state index is 0.0224. The Balaban J connectivity index is 1.22. The fraction of sp³-hybridized carbons (Fsp3) is 0.613. The summed E-state index contributed by atoms with van der Waals surface area (Å²) >= 11 is 0. The molecule has 0 radical (unpaired) electrons. The van der Waals surface area contributed by atoms with E-state index in [1.54, 1.807) is 17.2 Å². The Morgan fingerprint density at radius 2 is 1.95 bits per heavy atom. The normalized spacial score (nSPS) is 27.3. The summed E-state index contributed by atoms with van der Waals surface area (Å²) in [5.74, 6) is -0.0545. The van der Waals surface area contributed by atoms with Crippen LogP contribution in [0.2, 0.25) is 0 Å². The van der Waals surface area contributed by atoms with E-state index in [4.69, 9.17) is 0 Å². The van der Waals surface area contributed by atoms with Crippen LogP contribution in [0.15, 0.2) is 30.7 Å². The number of piperidine rings is 1. The number of hydrogen-bond donors (Lipinski definition) is 1. The Hall–Kier alpha value is -3.34. The molecule has 42 heavy (non-hydrogen) atoms. The van der Waals surface area contributed by atoms with E-state index in [1.807, 2.05) is 30.6 Å². The zero-order chi connectivity index (χ0) is 29.5. The van der Waals surface area contributed by atoms with Crippen molar-refractivity contribution in [3.63, 3.8) is 0 Å². The van der Waals surface area contributed by atoms with E-state index < -0.39 is 18.0 Å². The average molecular weight is 582 g/mol. The molecule has 1 N–H and O–H groups in total. The lowest BCUT2D eigenvalue weighted by Gasteiger charge is -2.42. The van der Waals surface area contributed by atoms with Gasteiger partial charge in [0.15, 0.2) is 5.82 Å². The number of amides is 2. The van der Waals surface area contributed by atoms with Crippen molar-refractivity contribution in [2.75, 3.05) is 42.5 Å². The molecule has 5 atom stereocenters. The minimum Gasteiger partial charge on any atom is -0.350 e. The number of fused-ring (bicyclic) bond motifs is 3. The van der Waals surface area contributed by atoms with Gasteiger partial charge in [-0.25, -0.2) is 18.7 Å². The van der Waals surface area contributed by atoms with E-state index in [2.05, 4.69) is 20.2 Å². The summed E-state index contributed by atoms with van der Waals surface area (Å²) in [7, 11) is 0. The first kappa shape index (κ1) is 28.8. The molecule has 2 bridgehead atoms. The number of nitrogens with one attached hydrogen (secondary N) is 1. The smallest absolute Gasteiger partial charge is 0.256 e. The largest absolute Gasteiger partial charge is 0.350 e. The molecular formula is C31H41F2N7O2. The van der Waals surface area contributed by atoms with Crippen LogP contribution in [0.5, 0.6) is 0 Å². The van der Waals surface area contributed by atoms with Crippen LogP contribution in [0.3, 0.4) is 0 Å². The van der Waals surface area contributed by atoms with Gasteiger partial charge in [0.05, 0.1) is 23.5 Å². The second-order valence-electron chi connectivity index (χ2n) is 12.3. The Morgan fingerprint density at radius 1 is 1.12 bits per heavy atom. The zero-order valence-electron chi connectivity index (χ0n) is 24.7. The third-order valence-corrected chi connectivity index (χ3v) is 9.60. The summed E-state index contributed by atoms with van der Waals surface area (Å²) in [6.45, 7) is 8.88. The Labute approximate surface area is 246 Å². The summed E-state index contributed by atoms with van der Waals surface area (Å²) in [4.78, 5) is 43.9. The predicted molar refractivity (Wildman–Crippen MR) is 157 cm³/mol. The van der Waals surface area contributed by atoms with Crippen molar-refractivity contribution < 1.29 is 18.4 Å². The SMILES string of the molecule is CCN(C(=O)c1cc(F)ccc1N1CCN([C@H]2CCCN(C(=O)[C@H]3NC4CC3[C@@H](F)C4)CC2)c2ncncc21)C(C)C. The number of carbonyl (C=O) groups is 2. The minimum atomic E-state index is -0.884. The molecule has 2 aromatic rings. The lowest BCUT2D eigenvalue weighted by Crippen LogP contribution is -2.52. The number of anilines is 3. The van der Waals surface area contributed by atoms with Crippen molar-refractivity contribution >= 4 is 29.0 Å². The Kier molecular flexibility index (Phi) is 8.04. The maximum atomic E-state index is 14.5. The summed E-state index contributed by atoms with van der Waals surface area (Å²) in [5, 5.41) is 3.36. The van der Waals surface area contributed by atoms with Crippen LogP contribution in [-0.2, 0) is 4.79 Å². The fourth-order valence-corrected chi connectivity index (χ4v) is 7.52. The summed E-state index contributed by atoms with van der Waals surface area (Å²) in [5.41, 5.74) is 1.73. The topological polar surface area (TPSA) is 84.9 Å². The van der Waals surface area contributed by atoms with E-state index in [0.29, 0.717) is 50.4 Å². The molecule has 4 aliphatic rings. The van der Waals surface area contributed by atoms with Gasteiger partial charge in [-0.2, -0.15) is 0 Å². The van der Waals surface area contributed by atoms with Gasteiger partial charge in [-0.05, 0) is 71.1 Å². The van der Waals surface area contributed by atoms with Gasteiger partial charge in [0, 0.05) is 56.8 Å². The molecule has 0 spiro atoms. The number of halogens is 2. The quantitative estimate of drug-likeness (QED) is 0.554. The Morgan fingerprint density at radius 3 is 2.69 bits per heavy atom. The molecule has 9 nitrogen and oxygen atoms in total. The molecule has 6 rings (SSSR count). The first-order valence-corrected chi connectivity index (χ1v) is 15.4. The van der Waals surface area contributed by atoms with Crippen molar-refractivity contribution in [2.45, 2.75) is 83.2 Å². The highest BCUT2D eigenvalue weighted by molar-refractivity contribution is 6.01. The van der Waals surface area contributed by atoms with E-state index >= 15 is 0 Å². The molecule has 2 amide bonds. The number of carbonyl (C=O) groups excluding carboxylic acids is 2. The van der Waals surface area contributed by atoms with Crippen molar-refractivity contribution in [3.05, 3.63) is 42.1 Å². The third-order valence-electron chi connectivity index (χ3n) is 9.60. The molecule has 226 valence electrons. The van der Waals surface area contributed by atoms with Gasteiger partial charge in [0.25, 0.3) is 5.91 Å². The lowest BCUT2D eigenvalue weighted by molar-refractivity contribution is -0.135. The first-order valence-electron chi connectivity index (χ1n) is 15.4. The Bertz CT molecular complexity index is 1330.